The number of esters is 1. The van der Waals surface area contributed by atoms with Crippen molar-refractivity contribution in [3.63, 3.8) is 0 Å². The van der Waals surface area contributed by atoms with Crippen LogP contribution >= 0.6 is 23.8 Å². The smallest absolute Gasteiger partial charge is 0.340 e. The number of carbonyl (C=O) groups excluding carboxylic acids is 1. The van der Waals surface area contributed by atoms with Crippen molar-refractivity contribution in [2.75, 3.05) is 5.32 Å². The number of nitrogens with one attached hydrogen (secondary N) is 2. The third-order valence-corrected chi connectivity index (χ3v) is 4.50. The van der Waals surface area contributed by atoms with E-state index in [2.05, 4.69) is 10.3 Å². The monoisotopic (exact) mass is 378 g/mol. The molecule has 0 saturated heterocycles. The summed E-state index contributed by atoms with van der Waals surface area (Å²) in [6.45, 7) is 8.14. The Morgan fingerprint density at radius 3 is 2.44 bits per heavy atom. The standard InChI is InChI=1S/C19H23ClN2O2S/c1-11(2)17(12(3)4)24-19(23)14-10-13(7-8-15(14)20)22-18(25)16-6-5-9-21-16/h5-12,17,21H,1-4H3,(H,22,25). The predicted molar refractivity (Wildman–Crippen MR) is 106 cm³/mol. The Morgan fingerprint density at radius 1 is 1.20 bits per heavy atom. The lowest BCUT2D eigenvalue weighted by molar-refractivity contribution is 0.00326. The highest BCUT2D eigenvalue weighted by molar-refractivity contribution is 7.81. The predicted octanol–water partition coefficient (Wildman–Crippen LogP) is 5.29. The number of carbonyl (C=O) groups is 1. The molecule has 1 aromatic heterocycles. The van der Waals surface area contributed by atoms with Crippen LogP contribution in [0.1, 0.15) is 43.7 Å². The molecule has 0 spiro atoms. The third-order valence-electron chi connectivity index (χ3n) is 3.84. The van der Waals surface area contributed by atoms with Crippen LogP contribution < -0.4 is 5.32 Å². The van der Waals surface area contributed by atoms with Gasteiger partial charge in [-0.2, -0.15) is 0 Å². The van der Waals surface area contributed by atoms with Crippen LogP contribution in [0.2, 0.25) is 5.02 Å². The number of hydrogen-bond acceptors (Lipinski definition) is 3. The van der Waals surface area contributed by atoms with E-state index in [1.165, 1.54) is 0 Å². The molecule has 0 aliphatic heterocycles. The Balaban J connectivity index is 2.18. The van der Waals surface area contributed by atoms with Crippen molar-refractivity contribution >= 4 is 40.5 Å². The van der Waals surface area contributed by atoms with Gasteiger partial charge in [-0.15, -0.1) is 0 Å². The second-order valence-corrected chi connectivity index (χ2v) is 7.41. The number of halogens is 1. The largest absolute Gasteiger partial charge is 0.458 e. The number of aromatic nitrogens is 1. The molecule has 0 amide bonds. The van der Waals surface area contributed by atoms with E-state index in [0.29, 0.717) is 21.3 Å². The first-order chi connectivity index (χ1) is 11.8. The Kier molecular flexibility index (Phi) is 6.62. The van der Waals surface area contributed by atoms with E-state index in [4.69, 9.17) is 28.6 Å². The number of anilines is 1. The van der Waals surface area contributed by atoms with E-state index in [1.807, 2.05) is 39.8 Å². The lowest BCUT2D eigenvalue weighted by atomic mass is 9.96. The highest BCUT2D eigenvalue weighted by atomic mass is 35.5. The SMILES string of the molecule is CC(C)C(OC(=O)c1cc(NC(=S)c2ccc[nH]2)ccc1Cl)C(C)C. The molecule has 1 heterocycles. The van der Waals surface area contributed by atoms with Crippen LogP contribution in [0.4, 0.5) is 5.69 Å². The molecule has 0 atom stereocenters. The molecule has 2 aromatic rings. The summed E-state index contributed by atoms with van der Waals surface area (Å²) in [4.78, 5) is 16.1. The summed E-state index contributed by atoms with van der Waals surface area (Å²) in [5.74, 6) is 0.0285. The van der Waals surface area contributed by atoms with E-state index >= 15 is 0 Å². The van der Waals surface area contributed by atoms with Crippen molar-refractivity contribution < 1.29 is 9.53 Å². The summed E-state index contributed by atoms with van der Waals surface area (Å²) in [6, 6.07) is 8.84. The molecule has 4 nitrogen and oxygen atoms in total. The van der Waals surface area contributed by atoms with Crippen molar-refractivity contribution in [1.29, 1.82) is 0 Å². The van der Waals surface area contributed by atoms with Gasteiger partial charge in [-0.25, -0.2) is 4.79 Å². The van der Waals surface area contributed by atoms with Gasteiger partial charge in [0.15, 0.2) is 0 Å². The maximum absolute atomic E-state index is 12.6. The normalized spacial score (nSPS) is 11.2. The molecule has 25 heavy (non-hydrogen) atoms. The first kappa shape index (κ1) is 19.5. The molecule has 0 saturated carbocycles. The average molecular weight is 379 g/mol. The van der Waals surface area contributed by atoms with Crippen molar-refractivity contribution in [3.05, 3.63) is 52.8 Å². The fourth-order valence-corrected chi connectivity index (χ4v) is 3.10. The zero-order valence-corrected chi connectivity index (χ0v) is 16.4. The number of benzene rings is 1. The topological polar surface area (TPSA) is 54.1 Å². The molecule has 2 rings (SSSR count). The van der Waals surface area contributed by atoms with Crippen molar-refractivity contribution in [1.82, 2.24) is 4.98 Å². The molecular formula is C19H23ClN2O2S. The minimum Gasteiger partial charge on any atom is -0.458 e. The van der Waals surface area contributed by atoms with Crippen molar-refractivity contribution in [2.24, 2.45) is 11.8 Å². The summed E-state index contributed by atoms with van der Waals surface area (Å²) < 4.78 is 5.68. The quantitative estimate of drug-likeness (QED) is 0.529. The van der Waals surface area contributed by atoms with Gasteiger partial charge in [-0.1, -0.05) is 51.5 Å². The van der Waals surface area contributed by atoms with E-state index in [0.717, 1.165) is 5.69 Å². The highest BCUT2D eigenvalue weighted by Gasteiger charge is 2.24. The second kappa shape index (κ2) is 8.50. The number of aromatic amines is 1. The van der Waals surface area contributed by atoms with Gasteiger partial charge in [0.05, 0.1) is 16.3 Å². The average Bonchev–Trinajstić information content (AvgIpc) is 3.08. The van der Waals surface area contributed by atoms with Gasteiger partial charge >= 0.3 is 5.97 Å². The van der Waals surface area contributed by atoms with Gasteiger partial charge in [0, 0.05) is 11.9 Å². The molecule has 134 valence electrons. The molecule has 0 aliphatic carbocycles. The van der Waals surface area contributed by atoms with Crippen LogP contribution in [0, 0.1) is 11.8 Å². The lowest BCUT2D eigenvalue weighted by Crippen LogP contribution is -2.29. The van der Waals surface area contributed by atoms with E-state index in [1.54, 1.807) is 24.4 Å². The molecular weight excluding hydrogens is 356 g/mol. The number of H-pyrrole nitrogens is 1. The summed E-state index contributed by atoms with van der Waals surface area (Å²) in [7, 11) is 0. The molecule has 0 aliphatic rings. The van der Waals surface area contributed by atoms with E-state index < -0.39 is 5.97 Å². The van der Waals surface area contributed by atoms with E-state index in [9.17, 15) is 4.79 Å². The van der Waals surface area contributed by atoms with Gasteiger partial charge in [-0.3, -0.25) is 0 Å². The van der Waals surface area contributed by atoms with Gasteiger partial charge in [0.1, 0.15) is 11.1 Å². The number of hydrogen-bond donors (Lipinski definition) is 2. The van der Waals surface area contributed by atoms with Crippen molar-refractivity contribution in [3.8, 4) is 0 Å². The molecule has 1 aromatic carbocycles. The molecule has 0 bridgehead atoms. The Bertz CT molecular complexity index is 734. The van der Waals surface area contributed by atoms with E-state index in [-0.39, 0.29) is 17.9 Å². The summed E-state index contributed by atoms with van der Waals surface area (Å²) in [5, 5.41) is 3.45. The summed E-state index contributed by atoms with van der Waals surface area (Å²) in [5.41, 5.74) is 1.81. The summed E-state index contributed by atoms with van der Waals surface area (Å²) in [6.07, 6.45) is 1.63. The zero-order chi connectivity index (χ0) is 18.6. The molecule has 0 radical (unpaired) electrons. The van der Waals surface area contributed by atoms with Crippen LogP contribution in [0.15, 0.2) is 36.5 Å². The molecule has 6 heteroatoms. The number of ether oxygens (including phenoxy) is 1. The molecule has 2 N–H and O–H groups in total. The van der Waals surface area contributed by atoms with Crippen LogP contribution in [0.5, 0.6) is 0 Å². The van der Waals surface area contributed by atoms with Gasteiger partial charge in [0.2, 0.25) is 0 Å². The fourth-order valence-electron chi connectivity index (χ4n) is 2.66. The minimum atomic E-state index is -0.424. The Labute approximate surface area is 158 Å². The zero-order valence-electron chi connectivity index (χ0n) is 14.8. The van der Waals surface area contributed by atoms with Gasteiger partial charge in [0.25, 0.3) is 0 Å². The van der Waals surface area contributed by atoms with Crippen LogP contribution in [0.3, 0.4) is 0 Å². The Morgan fingerprint density at radius 2 is 1.88 bits per heavy atom. The molecule has 0 fully saturated rings. The van der Waals surface area contributed by atoms with Crippen LogP contribution in [-0.4, -0.2) is 22.0 Å². The number of rotatable bonds is 6. The second-order valence-electron chi connectivity index (χ2n) is 6.59. The fraction of sp³-hybridized carbons (Fsp3) is 0.368. The summed E-state index contributed by atoms with van der Waals surface area (Å²) >= 11 is 11.5. The van der Waals surface area contributed by atoms with Crippen LogP contribution in [0.25, 0.3) is 0 Å². The van der Waals surface area contributed by atoms with Gasteiger partial charge in [-0.05, 0) is 42.2 Å². The van der Waals surface area contributed by atoms with Crippen molar-refractivity contribution in [2.45, 2.75) is 33.8 Å². The minimum absolute atomic E-state index is 0.167. The maximum atomic E-state index is 12.6. The first-order valence-corrected chi connectivity index (χ1v) is 9.03. The first-order valence-electron chi connectivity index (χ1n) is 8.25. The lowest BCUT2D eigenvalue weighted by Gasteiger charge is -2.25. The maximum Gasteiger partial charge on any atom is 0.340 e. The highest BCUT2D eigenvalue weighted by Crippen LogP contribution is 2.25. The number of thiocarbonyl (C=S) groups is 1. The molecule has 0 unspecified atom stereocenters. The Hall–Kier alpha value is -1.85. The van der Waals surface area contributed by atoms with Crippen LogP contribution in [-0.2, 0) is 4.74 Å². The van der Waals surface area contributed by atoms with Gasteiger partial charge < -0.3 is 15.0 Å². The third kappa shape index (κ3) is 5.06.